The Morgan fingerprint density at radius 3 is 2.55 bits per heavy atom. The van der Waals surface area contributed by atoms with E-state index in [2.05, 4.69) is 30.7 Å². The largest absolute Gasteiger partial charge is 0.382 e. The van der Waals surface area contributed by atoms with Crippen molar-refractivity contribution in [3.8, 4) is 0 Å². The van der Waals surface area contributed by atoms with Crippen LogP contribution in [0.15, 0.2) is 18.9 Å². The zero-order valence-electron chi connectivity index (χ0n) is 17.9. The molecule has 3 aliphatic carbocycles. The van der Waals surface area contributed by atoms with Gasteiger partial charge in [-0.05, 0) is 69.3 Å². The summed E-state index contributed by atoms with van der Waals surface area (Å²) in [4.78, 5) is 13.1. The first-order chi connectivity index (χ1) is 14.1. The summed E-state index contributed by atoms with van der Waals surface area (Å²) in [6.07, 6.45) is 14.2. The predicted molar refractivity (Wildman–Crippen MR) is 124 cm³/mol. The summed E-state index contributed by atoms with van der Waals surface area (Å²) < 4.78 is 0. The van der Waals surface area contributed by atoms with E-state index in [-0.39, 0.29) is 11.8 Å². The van der Waals surface area contributed by atoms with Crippen molar-refractivity contribution in [1.29, 1.82) is 0 Å². The van der Waals surface area contributed by atoms with Crippen LogP contribution >= 0.6 is 11.3 Å². The average Bonchev–Trinajstić information content (AvgIpc) is 3.30. The Kier molecular flexibility index (Phi) is 6.48. The van der Waals surface area contributed by atoms with Gasteiger partial charge in [0.2, 0.25) is 0 Å². The molecule has 1 aromatic rings. The van der Waals surface area contributed by atoms with E-state index in [9.17, 15) is 4.79 Å². The summed E-state index contributed by atoms with van der Waals surface area (Å²) in [5.74, 6) is 1.23. The monoisotopic (exact) mass is 412 g/mol. The molecule has 2 N–H and O–H groups in total. The van der Waals surface area contributed by atoms with Gasteiger partial charge in [-0.1, -0.05) is 32.9 Å². The quantitative estimate of drug-likeness (QED) is 0.516. The van der Waals surface area contributed by atoms with Gasteiger partial charge in [-0.2, -0.15) is 0 Å². The summed E-state index contributed by atoms with van der Waals surface area (Å²) >= 11 is 1.88. The van der Waals surface area contributed by atoms with Crippen LogP contribution in [0.4, 0.5) is 5.00 Å². The number of nitrogens with one attached hydrogen (secondary N) is 2. The number of thiophene rings is 1. The fourth-order valence-corrected chi connectivity index (χ4v) is 6.88. The van der Waals surface area contributed by atoms with Crippen molar-refractivity contribution < 1.29 is 4.79 Å². The molecule has 2 fully saturated rings. The van der Waals surface area contributed by atoms with Crippen LogP contribution in [0.2, 0.25) is 0 Å². The molecular weight excluding hydrogens is 376 g/mol. The number of carbonyl (C=O) groups is 1. The number of rotatable bonds is 7. The molecule has 0 saturated heterocycles. The Labute approximate surface area is 180 Å². The Balaban J connectivity index is 1.51. The lowest BCUT2D eigenvalue weighted by molar-refractivity contribution is -0.112. The highest BCUT2D eigenvalue weighted by molar-refractivity contribution is 7.16. The summed E-state index contributed by atoms with van der Waals surface area (Å²) in [6, 6.07) is 0.546. The van der Waals surface area contributed by atoms with Crippen LogP contribution in [0, 0.1) is 17.8 Å². The molecule has 158 valence electrons. The number of hydrogen-bond donors (Lipinski definition) is 2. The van der Waals surface area contributed by atoms with Crippen molar-refractivity contribution in [2.45, 2.75) is 83.6 Å². The zero-order chi connectivity index (χ0) is 20.4. The standard InChI is InChI=1S/C25H36N2OS/c1-16-11-13-20(14-12-16)26-18(3)24-22-9-6-10-23(22)29-25(24)27-17(2)21-8-5-4-7-19(21)15-28/h15-16,19-21,26-27H,2-14H2,1H3. The third-order valence-electron chi connectivity index (χ3n) is 7.33. The molecule has 3 nitrogen and oxygen atoms in total. The predicted octanol–water partition coefficient (Wildman–Crippen LogP) is 6.31. The molecule has 2 atom stereocenters. The minimum absolute atomic E-state index is 0.115. The van der Waals surface area contributed by atoms with E-state index in [0.717, 1.165) is 49.3 Å². The number of aldehydes is 1. The summed E-state index contributed by atoms with van der Waals surface area (Å²) in [5.41, 5.74) is 4.88. The lowest BCUT2D eigenvalue weighted by atomic mass is 9.78. The van der Waals surface area contributed by atoms with Crippen molar-refractivity contribution in [2.24, 2.45) is 17.8 Å². The molecule has 1 aromatic heterocycles. The van der Waals surface area contributed by atoms with Gasteiger partial charge in [-0.25, -0.2) is 0 Å². The lowest BCUT2D eigenvalue weighted by Crippen LogP contribution is -2.31. The second kappa shape index (κ2) is 9.07. The van der Waals surface area contributed by atoms with E-state index in [1.807, 2.05) is 11.3 Å². The third kappa shape index (κ3) is 4.47. The van der Waals surface area contributed by atoms with Crippen LogP contribution in [0.5, 0.6) is 0 Å². The second-order valence-corrected chi connectivity index (χ2v) is 10.6. The minimum Gasteiger partial charge on any atom is -0.382 e. The molecule has 3 aliphatic rings. The Morgan fingerprint density at radius 2 is 1.79 bits per heavy atom. The molecule has 4 heteroatoms. The van der Waals surface area contributed by atoms with Crippen LogP contribution in [0.25, 0.3) is 5.70 Å². The van der Waals surface area contributed by atoms with Gasteiger partial charge in [-0.15, -0.1) is 11.3 Å². The highest BCUT2D eigenvalue weighted by atomic mass is 32.1. The van der Waals surface area contributed by atoms with Crippen LogP contribution < -0.4 is 10.6 Å². The van der Waals surface area contributed by atoms with Gasteiger partial charge in [-0.3, -0.25) is 0 Å². The number of aryl methyl sites for hydroxylation is 1. The van der Waals surface area contributed by atoms with Crippen LogP contribution in [-0.2, 0) is 17.6 Å². The van der Waals surface area contributed by atoms with Crippen LogP contribution in [0.1, 0.15) is 80.7 Å². The maximum Gasteiger partial charge on any atom is 0.123 e. The molecular formula is C25H36N2OS. The molecule has 0 aliphatic heterocycles. The summed E-state index contributed by atoms with van der Waals surface area (Å²) in [7, 11) is 0. The van der Waals surface area contributed by atoms with E-state index in [0.29, 0.717) is 6.04 Å². The second-order valence-electron chi connectivity index (χ2n) is 9.48. The fourth-order valence-electron chi connectivity index (χ4n) is 5.53. The van der Waals surface area contributed by atoms with Crippen molar-refractivity contribution in [2.75, 3.05) is 5.32 Å². The van der Waals surface area contributed by atoms with E-state index < -0.39 is 0 Å². The average molecular weight is 413 g/mol. The lowest BCUT2D eigenvalue weighted by Gasteiger charge is -2.31. The van der Waals surface area contributed by atoms with E-state index >= 15 is 0 Å². The van der Waals surface area contributed by atoms with E-state index in [1.165, 1.54) is 66.0 Å². The van der Waals surface area contributed by atoms with E-state index in [4.69, 9.17) is 0 Å². The molecule has 1 heterocycles. The molecule has 0 bridgehead atoms. The number of hydrogen-bond acceptors (Lipinski definition) is 4. The Hall–Kier alpha value is -1.55. The number of anilines is 1. The van der Waals surface area contributed by atoms with Gasteiger partial charge in [0.15, 0.2) is 0 Å². The van der Waals surface area contributed by atoms with Crippen LogP contribution in [0.3, 0.4) is 0 Å². The molecule has 2 unspecified atom stereocenters. The first-order valence-corrected chi connectivity index (χ1v) is 12.4. The van der Waals surface area contributed by atoms with Gasteiger partial charge >= 0.3 is 0 Å². The molecule has 0 spiro atoms. The molecule has 29 heavy (non-hydrogen) atoms. The number of allylic oxidation sites excluding steroid dienone is 1. The summed E-state index contributed by atoms with van der Waals surface area (Å²) in [5, 5.41) is 8.63. The van der Waals surface area contributed by atoms with Crippen molar-refractivity contribution >= 4 is 28.3 Å². The fraction of sp³-hybridized carbons (Fsp3) is 0.640. The number of fused-ring (bicyclic) bond motifs is 1. The van der Waals surface area contributed by atoms with Gasteiger partial charge in [0.05, 0.1) is 0 Å². The van der Waals surface area contributed by atoms with Crippen LogP contribution in [-0.4, -0.2) is 12.3 Å². The molecule has 0 radical (unpaired) electrons. The van der Waals surface area contributed by atoms with Crippen molar-refractivity contribution in [3.05, 3.63) is 34.9 Å². The molecule has 0 aromatic carbocycles. The zero-order valence-corrected chi connectivity index (χ0v) is 18.7. The minimum atomic E-state index is 0.115. The maximum atomic E-state index is 11.6. The third-order valence-corrected chi connectivity index (χ3v) is 8.54. The first kappa shape index (κ1) is 20.7. The Bertz CT molecular complexity index is 772. The molecule has 0 amide bonds. The highest BCUT2D eigenvalue weighted by Gasteiger charge is 2.30. The maximum absolute atomic E-state index is 11.6. The van der Waals surface area contributed by atoms with Gasteiger partial charge in [0, 0.05) is 39.7 Å². The SMILES string of the molecule is C=C(NC1CCC(C)CC1)c1c(NC(=C)C2CCCCC2C=O)sc2c1CCC2. The van der Waals surface area contributed by atoms with Gasteiger partial charge in [0.25, 0.3) is 0 Å². The van der Waals surface area contributed by atoms with Crippen molar-refractivity contribution in [1.82, 2.24) is 5.32 Å². The smallest absolute Gasteiger partial charge is 0.123 e. The van der Waals surface area contributed by atoms with E-state index in [1.54, 1.807) is 0 Å². The number of carbonyl (C=O) groups excluding carboxylic acids is 1. The highest BCUT2D eigenvalue weighted by Crippen LogP contribution is 2.44. The molecule has 4 rings (SSSR count). The topological polar surface area (TPSA) is 41.1 Å². The normalized spacial score (nSPS) is 29.1. The van der Waals surface area contributed by atoms with Gasteiger partial charge < -0.3 is 15.4 Å². The van der Waals surface area contributed by atoms with Gasteiger partial charge in [0.1, 0.15) is 11.3 Å². The summed E-state index contributed by atoms with van der Waals surface area (Å²) in [6.45, 7) is 11.2. The molecule has 2 saturated carbocycles. The Morgan fingerprint density at radius 1 is 1.03 bits per heavy atom. The first-order valence-electron chi connectivity index (χ1n) is 11.6. The van der Waals surface area contributed by atoms with Crippen molar-refractivity contribution in [3.63, 3.8) is 0 Å².